The molecule has 2 nitrogen and oxygen atoms in total. The minimum absolute atomic E-state index is 0.0271. The third-order valence-corrected chi connectivity index (χ3v) is 3.39. The fourth-order valence-electron chi connectivity index (χ4n) is 2.47. The second kappa shape index (κ2) is 7.28. The van der Waals surface area contributed by atoms with Crippen molar-refractivity contribution in [1.29, 1.82) is 0 Å². The Bertz CT molecular complexity index is 571. The Hall–Kier alpha value is -1.80. The lowest BCUT2D eigenvalue weighted by atomic mass is 9.98. The average molecular weight is 284 g/mol. The molecule has 2 heteroatoms. The van der Waals surface area contributed by atoms with Crippen LogP contribution in [0.15, 0.2) is 42.5 Å². The highest BCUT2D eigenvalue weighted by Crippen LogP contribution is 2.27. The van der Waals surface area contributed by atoms with Crippen molar-refractivity contribution in [1.82, 2.24) is 0 Å². The van der Waals surface area contributed by atoms with E-state index in [1.165, 1.54) is 5.56 Å². The molecule has 2 aromatic carbocycles. The topological polar surface area (TPSA) is 29.5 Å². The van der Waals surface area contributed by atoms with E-state index in [-0.39, 0.29) is 6.61 Å². The zero-order valence-corrected chi connectivity index (χ0v) is 13.1. The fourth-order valence-corrected chi connectivity index (χ4v) is 2.47. The Balaban J connectivity index is 2.29. The molecule has 0 bridgehead atoms. The Morgan fingerprint density at radius 1 is 0.952 bits per heavy atom. The van der Waals surface area contributed by atoms with Gasteiger partial charge in [-0.15, -0.1) is 0 Å². The van der Waals surface area contributed by atoms with Crippen LogP contribution in [-0.2, 0) is 13.0 Å². The van der Waals surface area contributed by atoms with E-state index in [9.17, 15) is 5.11 Å². The van der Waals surface area contributed by atoms with Gasteiger partial charge in [-0.2, -0.15) is 0 Å². The normalized spacial score (nSPS) is 10.9. The quantitative estimate of drug-likeness (QED) is 0.849. The minimum Gasteiger partial charge on any atom is -0.494 e. The summed E-state index contributed by atoms with van der Waals surface area (Å²) in [6.45, 7) is 7.08. The van der Waals surface area contributed by atoms with E-state index in [4.69, 9.17) is 4.74 Å². The Kier molecular flexibility index (Phi) is 5.40. The van der Waals surface area contributed by atoms with Gasteiger partial charge in [-0.3, -0.25) is 0 Å². The number of ether oxygens (including phenoxy) is 1. The number of aliphatic hydroxyl groups excluding tert-OH is 1. The molecule has 0 radical (unpaired) electrons. The summed E-state index contributed by atoms with van der Waals surface area (Å²) in [5.41, 5.74) is 4.47. The average Bonchev–Trinajstić information content (AvgIpc) is 2.47. The standard InChI is InChI=1S/C19H24O2/c1-4-21-19-11-16(13-20)10-18(12-19)17-7-5-15(6-8-17)9-14(2)3/h5-8,10-12,14,20H,4,9,13H2,1-3H3. The predicted molar refractivity (Wildman–Crippen MR) is 87.5 cm³/mol. The first-order chi connectivity index (χ1) is 10.1. The zero-order chi connectivity index (χ0) is 15.2. The summed E-state index contributed by atoms with van der Waals surface area (Å²) in [5.74, 6) is 1.48. The van der Waals surface area contributed by atoms with Crippen LogP contribution in [0.1, 0.15) is 31.9 Å². The third kappa shape index (κ3) is 4.33. The fraction of sp³-hybridized carbons (Fsp3) is 0.368. The maximum Gasteiger partial charge on any atom is 0.120 e. The molecule has 2 aromatic rings. The van der Waals surface area contributed by atoms with Gasteiger partial charge in [0.1, 0.15) is 5.75 Å². The lowest BCUT2D eigenvalue weighted by molar-refractivity contribution is 0.280. The van der Waals surface area contributed by atoms with Crippen molar-refractivity contribution in [3.8, 4) is 16.9 Å². The molecule has 0 saturated heterocycles. The highest BCUT2D eigenvalue weighted by atomic mass is 16.5. The van der Waals surface area contributed by atoms with Gasteiger partial charge in [0, 0.05) is 0 Å². The summed E-state index contributed by atoms with van der Waals surface area (Å²) in [5, 5.41) is 9.39. The van der Waals surface area contributed by atoms with Crippen LogP contribution in [0.25, 0.3) is 11.1 Å². The molecule has 21 heavy (non-hydrogen) atoms. The molecule has 0 atom stereocenters. The second-order valence-electron chi connectivity index (χ2n) is 5.75. The smallest absolute Gasteiger partial charge is 0.120 e. The van der Waals surface area contributed by atoms with Crippen molar-refractivity contribution in [3.63, 3.8) is 0 Å². The van der Waals surface area contributed by atoms with E-state index in [0.29, 0.717) is 12.5 Å². The monoisotopic (exact) mass is 284 g/mol. The largest absolute Gasteiger partial charge is 0.494 e. The van der Waals surface area contributed by atoms with Gasteiger partial charge in [-0.25, -0.2) is 0 Å². The number of aliphatic hydroxyl groups is 1. The van der Waals surface area contributed by atoms with Crippen molar-refractivity contribution in [2.75, 3.05) is 6.61 Å². The van der Waals surface area contributed by atoms with Gasteiger partial charge in [-0.05, 0) is 59.7 Å². The van der Waals surface area contributed by atoms with Crippen molar-refractivity contribution in [2.45, 2.75) is 33.8 Å². The van der Waals surface area contributed by atoms with Gasteiger partial charge in [0.25, 0.3) is 0 Å². The molecule has 0 aliphatic heterocycles. The van der Waals surface area contributed by atoms with Crippen LogP contribution in [0.3, 0.4) is 0 Å². The summed E-state index contributed by atoms with van der Waals surface area (Å²) in [6, 6.07) is 14.6. The van der Waals surface area contributed by atoms with E-state index in [0.717, 1.165) is 28.9 Å². The van der Waals surface area contributed by atoms with E-state index < -0.39 is 0 Å². The van der Waals surface area contributed by atoms with E-state index in [1.807, 2.05) is 25.1 Å². The number of hydrogen-bond donors (Lipinski definition) is 1. The Labute approximate surface area is 127 Å². The molecule has 1 N–H and O–H groups in total. The molecular formula is C19H24O2. The van der Waals surface area contributed by atoms with Crippen LogP contribution in [-0.4, -0.2) is 11.7 Å². The summed E-state index contributed by atoms with van der Waals surface area (Å²) >= 11 is 0. The maximum atomic E-state index is 9.39. The molecule has 0 heterocycles. The van der Waals surface area contributed by atoms with Crippen LogP contribution in [0, 0.1) is 5.92 Å². The minimum atomic E-state index is 0.0271. The summed E-state index contributed by atoms with van der Waals surface area (Å²) in [4.78, 5) is 0. The Morgan fingerprint density at radius 2 is 1.67 bits per heavy atom. The third-order valence-electron chi connectivity index (χ3n) is 3.39. The summed E-state index contributed by atoms with van der Waals surface area (Å²) in [7, 11) is 0. The van der Waals surface area contributed by atoms with Crippen molar-refractivity contribution in [3.05, 3.63) is 53.6 Å². The van der Waals surface area contributed by atoms with Crippen LogP contribution >= 0.6 is 0 Å². The molecule has 0 aliphatic carbocycles. The van der Waals surface area contributed by atoms with Crippen LogP contribution < -0.4 is 4.74 Å². The Morgan fingerprint density at radius 3 is 2.24 bits per heavy atom. The van der Waals surface area contributed by atoms with Crippen LogP contribution in [0.2, 0.25) is 0 Å². The van der Waals surface area contributed by atoms with E-state index in [2.05, 4.69) is 38.1 Å². The van der Waals surface area contributed by atoms with Gasteiger partial charge in [0.15, 0.2) is 0 Å². The predicted octanol–water partition coefficient (Wildman–Crippen LogP) is 4.44. The molecular weight excluding hydrogens is 260 g/mol. The second-order valence-corrected chi connectivity index (χ2v) is 5.75. The lowest BCUT2D eigenvalue weighted by Crippen LogP contribution is -1.95. The highest BCUT2D eigenvalue weighted by molar-refractivity contribution is 5.66. The van der Waals surface area contributed by atoms with Crippen LogP contribution in [0.5, 0.6) is 5.75 Å². The van der Waals surface area contributed by atoms with Crippen molar-refractivity contribution in [2.24, 2.45) is 5.92 Å². The van der Waals surface area contributed by atoms with Gasteiger partial charge < -0.3 is 9.84 Å². The highest BCUT2D eigenvalue weighted by Gasteiger charge is 2.05. The molecule has 2 rings (SSSR count). The lowest BCUT2D eigenvalue weighted by Gasteiger charge is -2.10. The first-order valence-electron chi connectivity index (χ1n) is 7.59. The van der Waals surface area contributed by atoms with E-state index >= 15 is 0 Å². The molecule has 0 saturated carbocycles. The molecule has 112 valence electrons. The van der Waals surface area contributed by atoms with Gasteiger partial charge in [0.2, 0.25) is 0 Å². The molecule has 0 amide bonds. The molecule has 0 aromatic heterocycles. The van der Waals surface area contributed by atoms with E-state index in [1.54, 1.807) is 0 Å². The number of rotatable bonds is 6. The molecule has 0 fully saturated rings. The van der Waals surface area contributed by atoms with Gasteiger partial charge in [-0.1, -0.05) is 38.1 Å². The summed E-state index contributed by atoms with van der Waals surface area (Å²) in [6.07, 6.45) is 1.10. The molecule has 0 unspecified atom stereocenters. The van der Waals surface area contributed by atoms with Gasteiger partial charge >= 0.3 is 0 Å². The first-order valence-corrected chi connectivity index (χ1v) is 7.59. The zero-order valence-electron chi connectivity index (χ0n) is 13.1. The van der Waals surface area contributed by atoms with Crippen molar-refractivity contribution >= 4 is 0 Å². The van der Waals surface area contributed by atoms with Gasteiger partial charge in [0.05, 0.1) is 13.2 Å². The van der Waals surface area contributed by atoms with Crippen LogP contribution in [0.4, 0.5) is 0 Å². The SMILES string of the molecule is CCOc1cc(CO)cc(-c2ccc(CC(C)C)cc2)c1. The summed E-state index contributed by atoms with van der Waals surface area (Å²) < 4.78 is 5.58. The van der Waals surface area contributed by atoms with Crippen molar-refractivity contribution < 1.29 is 9.84 Å². The maximum absolute atomic E-state index is 9.39. The molecule has 0 aliphatic rings. The first kappa shape index (κ1) is 15.6. The molecule has 0 spiro atoms. The number of benzene rings is 2. The number of hydrogen-bond acceptors (Lipinski definition) is 2.